The second-order valence-corrected chi connectivity index (χ2v) is 4.60. The van der Waals surface area contributed by atoms with E-state index in [-0.39, 0.29) is 5.56 Å². The van der Waals surface area contributed by atoms with E-state index in [0.717, 1.165) is 35.2 Å². The Morgan fingerprint density at radius 2 is 1.89 bits per heavy atom. The third-order valence-corrected chi connectivity index (χ3v) is 3.02. The van der Waals surface area contributed by atoms with Gasteiger partial charge in [-0.2, -0.15) is 0 Å². The average Bonchev–Trinajstić information content (AvgIpc) is 2.28. The van der Waals surface area contributed by atoms with E-state index < -0.39 is 0 Å². The Morgan fingerprint density at radius 3 is 2.50 bits per heavy atom. The van der Waals surface area contributed by atoms with Gasteiger partial charge in [0.15, 0.2) is 0 Å². The summed E-state index contributed by atoms with van der Waals surface area (Å²) >= 11 is 0. The maximum Gasteiger partial charge on any atom is 0.251 e. The van der Waals surface area contributed by atoms with E-state index >= 15 is 0 Å². The lowest BCUT2D eigenvalue weighted by Gasteiger charge is -2.09. The van der Waals surface area contributed by atoms with Crippen molar-refractivity contribution in [1.82, 2.24) is 9.97 Å². The lowest BCUT2D eigenvalue weighted by molar-refractivity contribution is 0.869. The van der Waals surface area contributed by atoms with Crippen LogP contribution in [0.15, 0.2) is 29.1 Å². The van der Waals surface area contributed by atoms with Gasteiger partial charge in [0.25, 0.3) is 5.56 Å². The lowest BCUT2D eigenvalue weighted by atomic mass is 10.0. The largest absolute Gasteiger partial charge is 0.306 e. The molecule has 0 aliphatic rings. The van der Waals surface area contributed by atoms with Crippen molar-refractivity contribution < 1.29 is 0 Å². The Balaban J connectivity index is 2.60. The van der Waals surface area contributed by atoms with Crippen molar-refractivity contribution in [3.05, 3.63) is 51.4 Å². The molecular weight excluding hydrogens is 224 g/mol. The lowest BCUT2D eigenvalue weighted by Crippen LogP contribution is -2.11. The van der Waals surface area contributed by atoms with Gasteiger partial charge in [-0.25, -0.2) is 4.98 Å². The monoisotopic (exact) mass is 242 g/mol. The molecule has 2 rings (SSSR count). The van der Waals surface area contributed by atoms with Crippen LogP contribution in [0.3, 0.4) is 0 Å². The first-order valence-corrected chi connectivity index (χ1v) is 6.28. The summed E-state index contributed by atoms with van der Waals surface area (Å²) in [5, 5.41) is 0. The average molecular weight is 242 g/mol. The van der Waals surface area contributed by atoms with Gasteiger partial charge in [0.2, 0.25) is 0 Å². The number of nitrogens with one attached hydrogen (secondary N) is 1. The van der Waals surface area contributed by atoms with Gasteiger partial charge < -0.3 is 4.98 Å². The highest BCUT2D eigenvalue weighted by atomic mass is 16.1. The summed E-state index contributed by atoms with van der Waals surface area (Å²) in [7, 11) is 0. The highest BCUT2D eigenvalue weighted by molar-refractivity contribution is 5.64. The van der Waals surface area contributed by atoms with Crippen LogP contribution in [-0.4, -0.2) is 9.97 Å². The SMILES string of the molecule is CCCc1cc(=O)[nH]c(-c2c(C)cccc2C)n1. The summed E-state index contributed by atoms with van der Waals surface area (Å²) in [5.74, 6) is 0.682. The molecule has 0 amide bonds. The summed E-state index contributed by atoms with van der Waals surface area (Å²) in [6.45, 7) is 6.16. The Kier molecular flexibility index (Phi) is 3.60. The van der Waals surface area contributed by atoms with E-state index in [1.54, 1.807) is 6.07 Å². The van der Waals surface area contributed by atoms with Gasteiger partial charge in [-0.3, -0.25) is 4.79 Å². The molecule has 3 heteroatoms. The first-order chi connectivity index (χ1) is 8.61. The maximum atomic E-state index is 11.7. The number of benzene rings is 1. The fourth-order valence-corrected chi connectivity index (χ4v) is 2.20. The topological polar surface area (TPSA) is 45.8 Å². The molecule has 2 aromatic rings. The fraction of sp³-hybridized carbons (Fsp3) is 0.333. The van der Waals surface area contributed by atoms with E-state index in [0.29, 0.717) is 5.82 Å². The van der Waals surface area contributed by atoms with Crippen LogP contribution in [0.4, 0.5) is 0 Å². The molecule has 0 unspecified atom stereocenters. The fourth-order valence-electron chi connectivity index (χ4n) is 2.20. The Morgan fingerprint density at radius 1 is 1.22 bits per heavy atom. The molecule has 1 aromatic carbocycles. The molecule has 0 fully saturated rings. The number of H-pyrrole nitrogens is 1. The summed E-state index contributed by atoms with van der Waals surface area (Å²) in [5.41, 5.74) is 4.08. The molecular formula is C15H18N2O. The Hall–Kier alpha value is -1.90. The third-order valence-electron chi connectivity index (χ3n) is 3.02. The highest BCUT2D eigenvalue weighted by Gasteiger charge is 2.09. The van der Waals surface area contributed by atoms with Crippen molar-refractivity contribution >= 4 is 0 Å². The van der Waals surface area contributed by atoms with E-state index in [1.807, 2.05) is 32.0 Å². The third kappa shape index (κ3) is 2.50. The molecule has 0 aliphatic heterocycles. The minimum Gasteiger partial charge on any atom is -0.306 e. The number of nitrogens with zero attached hydrogens (tertiary/aromatic N) is 1. The second kappa shape index (κ2) is 5.17. The van der Waals surface area contributed by atoms with Gasteiger partial charge in [-0.05, 0) is 31.4 Å². The number of aromatic nitrogens is 2. The Bertz CT molecular complexity index is 594. The zero-order valence-electron chi connectivity index (χ0n) is 11.1. The zero-order valence-corrected chi connectivity index (χ0v) is 11.1. The Labute approximate surface area is 107 Å². The summed E-state index contributed by atoms with van der Waals surface area (Å²) in [6, 6.07) is 7.67. The van der Waals surface area contributed by atoms with Gasteiger partial charge in [0, 0.05) is 17.3 Å². The highest BCUT2D eigenvalue weighted by Crippen LogP contribution is 2.23. The van der Waals surface area contributed by atoms with Crippen LogP contribution < -0.4 is 5.56 Å². The number of hydrogen-bond acceptors (Lipinski definition) is 2. The molecule has 1 aromatic heterocycles. The van der Waals surface area contributed by atoms with Crippen molar-refractivity contribution in [2.24, 2.45) is 0 Å². The van der Waals surface area contributed by atoms with Gasteiger partial charge in [0.05, 0.1) is 0 Å². The maximum absolute atomic E-state index is 11.7. The van der Waals surface area contributed by atoms with Crippen molar-refractivity contribution in [1.29, 1.82) is 0 Å². The minimum atomic E-state index is -0.0777. The smallest absolute Gasteiger partial charge is 0.251 e. The van der Waals surface area contributed by atoms with Gasteiger partial charge in [-0.1, -0.05) is 31.5 Å². The number of aromatic amines is 1. The molecule has 1 heterocycles. The first kappa shape index (κ1) is 12.6. The molecule has 0 radical (unpaired) electrons. The van der Waals surface area contributed by atoms with E-state index in [2.05, 4.69) is 16.9 Å². The molecule has 0 saturated heterocycles. The van der Waals surface area contributed by atoms with Crippen molar-refractivity contribution in [2.45, 2.75) is 33.6 Å². The van der Waals surface area contributed by atoms with E-state index in [4.69, 9.17) is 0 Å². The number of hydrogen-bond donors (Lipinski definition) is 1. The van der Waals surface area contributed by atoms with Gasteiger partial charge >= 0.3 is 0 Å². The predicted octanol–water partition coefficient (Wildman–Crippen LogP) is 3.01. The molecule has 0 spiro atoms. The minimum absolute atomic E-state index is 0.0777. The van der Waals surface area contributed by atoms with Crippen molar-refractivity contribution in [3.8, 4) is 11.4 Å². The molecule has 94 valence electrons. The molecule has 0 saturated carbocycles. The first-order valence-electron chi connectivity index (χ1n) is 6.28. The van der Waals surface area contributed by atoms with Gasteiger partial charge in [-0.15, -0.1) is 0 Å². The number of rotatable bonds is 3. The second-order valence-electron chi connectivity index (χ2n) is 4.60. The van der Waals surface area contributed by atoms with Crippen LogP contribution in [0.5, 0.6) is 0 Å². The zero-order chi connectivity index (χ0) is 13.1. The molecule has 1 N–H and O–H groups in total. The normalized spacial score (nSPS) is 10.6. The molecule has 0 bridgehead atoms. The molecule has 3 nitrogen and oxygen atoms in total. The van der Waals surface area contributed by atoms with Crippen LogP contribution >= 0.6 is 0 Å². The van der Waals surface area contributed by atoms with Gasteiger partial charge in [0.1, 0.15) is 5.82 Å². The number of aryl methyl sites for hydroxylation is 3. The standard InChI is InChI=1S/C15H18N2O/c1-4-6-12-9-13(18)17-15(16-12)14-10(2)7-5-8-11(14)3/h5,7-9H,4,6H2,1-3H3,(H,16,17,18). The van der Waals surface area contributed by atoms with Crippen molar-refractivity contribution in [2.75, 3.05) is 0 Å². The van der Waals surface area contributed by atoms with Crippen LogP contribution in [-0.2, 0) is 6.42 Å². The summed E-state index contributed by atoms with van der Waals surface area (Å²) in [4.78, 5) is 19.1. The quantitative estimate of drug-likeness (QED) is 0.899. The van der Waals surface area contributed by atoms with E-state index in [9.17, 15) is 4.79 Å². The summed E-state index contributed by atoms with van der Waals surface area (Å²) < 4.78 is 0. The van der Waals surface area contributed by atoms with Crippen LogP contribution in [0, 0.1) is 13.8 Å². The predicted molar refractivity (Wildman–Crippen MR) is 73.8 cm³/mol. The van der Waals surface area contributed by atoms with Crippen LogP contribution in [0.2, 0.25) is 0 Å². The molecule has 0 atom stereocenters. The molecule has 0 aliphatic carbocycles. The van der Waals surface area contributed by atoms with Crippen LogP contribution in [0.1, 0.15) is 30.2 Å². The van der Waals surface area contributed by atoms with Crippen molar-refractivity contribution in [3.63, 3.8) is 0 Å². The molecule has 18 heavy (non-hydrogen) atoms. The summed E-state index contributed by atoms with van der Waals surface area (Å²) in [6.07, 6.45) is 1.82. The van der Waals surface area contributed by atoms with Crippen LogP contribution in [0.25, 0.3) is 11.4 Å². The van der Waals surface area contributed by atoms with E-state index in [1.165, 1.54) is 0 Å².